The third kappa shape index (κ3) is 2.69. The molecule has 0 spiro atoms. The highest BCUT2D eigenvalue weighted by Crippen LogP contribution is 2.16. The van der Waals surface area contributed by atoms with Crippen molar-refractivity contribution in [2.75, 3.05) is 0 Å². The molecule has 22 heavy (non-hydrogen) atoms. The molecular formula is C15H17N5O2. The van der Waals surface area contributed by atoms with Crippen molar-refractivity contribution in [1.82, 2.24) is 20.3 Å². The third-order valence-electron chi connectivity index (χ3n) is 3.79. The number of aromatic nitrogens is 2. The van der Waals surface area contributed by atoms with Gasteiger partial charge in [0.25, 0.3) is 5.91 Å². The van der Waals surface area contributed by atoms with Crippen LogP contribution in [-0.4, -0.2) is 27.1 Å². The lowest BCUT2D eigenvalue weighted by Crippen LogP contribution is -2.36. The van der Waals surface area contributed by atoms with Crippen LogP contribution in [0.2, 0.25) is 0 Å². The number of benzene rings is 1. The summed E-state index contributed by atoms with van der Waals surface area (Å²) in [5, 5.41) is 6.59. The molecule has 3 rings (SSSR count). The van der Waals surface area contributed by atoms with Gasteiger partial charge in [-0.15, -0.1) is 0 Å². The monoisotopic (exact) mass is 299 g/mol. The highest BCUT2D eigenvalue weighted by atomic mass is 16.2. The van der Waals surface area contributed by atoms with E-state index in [0.717, 1.165) is 22.4 Å². The fraction of sp³-hybridized carbons (Fsp3) is 0.333. The maximum atomic E-state index is 12.0. The van der Waals surface area contributed by atoms with Crippen LogP contribution in [-0.2, 0) is 23.2 Å². The van der Waals surface area contributed by atoms with E-state index in [0.29, 0.717) is 25.1 Å². The van der Waals surface area contributed by atoms with Crippen molar-refractivity contribution < 1.29 is 9.59 Å². The number of amides is 2. The number of fused-ring (bicyclic) bond motifs is 1. The van der Waals surface area contributed by atoms with Crippen molar-refractivity contribution in [1.29, 1.82) is 0 Å². The Bertz CT molecular complexity index is 791. The average molecular weight is 299 g/mol. The molecule has 2 aromatic rings. The van der Waals surface area contributed by atoms with Gasteiger partial charge in [0.05, 0.1) is 11.0 Å². The van der Waals surface area contributed by atoms with Crippen molar-refractivity contribution in [2.45, 2.75) is 26.3 Å². The summed E-state index contributed by atoms with van der Waals surface area (Å²) in [6.07, 6.45) is 0.668. The Morgan fingerprint density at radius 2 is 2.23 bits per heavy atom. The lowest BCUT2D eigenvalue weighted by Gasteiger charge is -2.12. The SMILES string of the molecule is Cc1nc2cc(CNC(=O)C3=NNC(=O)CC3)ccc2n1C. The summed E-state index contributed by atoms with van der Waals surface area (Å²) in [6, 6.07) is 5.93. The van der Waals surface area contributed by atoms with E-state index in [9.17, 15) is 9.59 Å². The molecule has 114 valence electrons. The summed E-state index contributed by atoms with van der Waals surface area (Å²) in [5.74, 6) is 0.535. The van der Waals surface area contributed by atoms with Crippen molar-refractivity contribution in [3.8, 4) is 0 Å². The van der Waals surface area contributed by atoms with E-state index in [1.165, 1.54) is 0 Å². The summed E-state index contributed by atoms with van der Waals surface area (Å²) in [5.41, 5.74) is 5.62. The first-order chi connectivity index (χ1) is 10.5. The lowest BCUT2D eigenvalue weighted by molar-refractivity contribution is -0.121. The first kappa shape index (κ1) is 14.2. The van der Waals surface area contributed by atoms with Gasteiger partial charge in [0.1, 0.15) is 11.5 Å². The van der Waals surface area contributed by atoms with Gasteiger partial charge in [0.15, 0.2) is 0 Å². The number of hydrazone groups is 1. The van der Waals surface area contributed by atoms with Crippen molar-refractivity contribution in [3.05, 3.63) is 29.6 Å². The Kier molecular flexibility index (Phi) is 3.62. The quantitative estimate of drug-likeness (QED) is 0.877. The zero-order valence-electron chi connectivity index (χ0n) is 12.5. The number of nitrogens with one attached hydrogen (secondary N) is 2. The minimum Gasteiger partial charge on any atom is -0.347 e. The number of carbonyl (C=O) groups is 2. The Hall–Kier alpha value is -2.70. The first-order valence-corrected chi connectivity index (χ1v) is 7.10. The molecule has 0 saturated heterocycles. The van der Waals surface area contributed by atoms with Gasteiger partial charge in [0, 0.05) is 26.4 Å². The Balaban J connectivity index is 1.69. The van der Waals surface area contributed by atoms with E-state index in [4.69, 9.17) is 0 Å². The van der Waals surface area contributed by atoms with Crippen LogP contribution in [0.5, 0.6) is 0 Å². The van der Waals surface area contributed by atoms with Crippen LogP contribution in [0.4, 0.5) is 0 Å². The average Bonchev–Trinajstić information content (AvgIpc) is 2.80. The van der Waals surface area contributed by atoms with E-state index in [-0.39, 0.29) is 11.8 Å². The van der Waals surface area contributed by atoms with E-state index < -0.39 is 0 Å². The molecule has 1 aromatic carbocycles. The van der Waals surface area contributed by atoms with E-state index >= 15 is 0 Å². The zero-order valence-corrected chi connectivity index (χ0v) is 12.5. The normalized spacial score (nSPS) is 14.6. The van der Waals surface area contributed by atoms with Gasteiger partial charge >= 0.3 is 0 Å². The summed E-state index contributed by atoms with van der Waals surface area (Å²) in [7, 11) is 1.97. The molecule has 7 heteroatoms. The number of imidazole rings is 1. The van der Waals surface area contributed by atoms with Gasteiger partial charge in [-0.05, 0) is 24.6 Å². The minimum atomic E-state index is -0.253. The molecular weight excluding hydrogens is 282 g/mol. The number of hydrogen-bond acceptors (Lipinski definition) is 4. The lowest BCUT2D eigenvalue weighted by atomic mass is 10.1. The van der Waals surface area contributed by atoms with Crippen LogP contribution in [0, 0.1) is 6.92 Å². The van der Waals surface area contributed by atoms with Gasteiger partial charge < -0.3 is 9.88 Å². The highest BCUT2D eigenvalue weighted by molar-refractivity contribution is 6.39. The topological polar surface area (TPSA) is 88.4 Å². The maximum absolute atomic E-state index is 12.0. The summed E-state index contributed by atoms with van der Waals surface area (Å²) in [6.45, 7) is 2.36. The van der Waals surface area contributed by atoms with Crippen LogP contribution in [0.25, 0.3) is 11.0 Å². The standard InChI is InChI=1S/C15H17N5O2/c1-9-17-12-7-10(3-5-13(12)20(9)2)8-16-15(22)11-4-6-14(21)19-18-11/h3,5,7H,4,6,8H2,1-2H3,(H,16,22)(H,19,21). The molecule has 2 N–H and O–H groups in total. The third-order valence-corrected chi connectivity index (χ3v) is 3.79. The van der Waals surface area contributed by atoms with Crippen LogP contribution in [0.15, 0.2) is 23.3 Å². The molecule has 7 nitrogen and oxygen atoms in total. The summed E-state index contributed by atoms with van der Waals surface area (Å²) in [4.78, 5) is 27.5. The molecule has 0 atom stereocenters. The fourth-order valence-electron chi connectivity index (χ4n) is 2.40. The molecule has 1 aliphatic heterocycles. The van der Waals surface area contributed by atoms with Gasteiger partial charge in [-0.2, -0.15) is 5.10 Å². The maximum Gasteiger partial charge on any atom is 0.267 e. The molecule has 2 heterocycles. The van der Waals surface area contributed by atoms with Crippen molar-refractivity contribution in [3.63, 3.8) is 0 Å². The minimum absolute atomic E-state index is 0.160. The van der Waals surface area contributed by atoms with Gasteiger partial charge in [-0.3, -0.25) is 9.59 Å². The second-order valence-corrected chi connectivity index (χ2v) is 5.32. The second kappa shape index (κ2) is 5.59. The summed E-state index contributed by atoms with van der Waals surface area (Å²) >= 11 is 0. The number of hydrogen-bond donors (Lipinski definition) is 2. The molecule has 1 aromatic heterocycles. The number of aryl methyl sites for hydroxylation is 2. The smallest absolute Gasteiger partial charge is 0.267 e. The largest absolute Gasteiger partial charge is 0.347 e. The van der Waals surface area contributed by atoms with E-state index in [1.54, 1.807) is 0 Å². The van der Waals surface area contributed by atoms with Crippen molar-refractivity contribution >= 4 is 28.6 Å². The van der Waals surface area contributed by atoms with Crippen LogP contribution >= 0.6 is 0 Å². The Labute approximate surface area is 127 Å². The van der Waals surface area contributed by atoms with Crippen LogP contribution < -0.4 is 10.7 Å². The van der Waals surface area contributed by atoms with Gasteiger partial charge in [0.2, 0.25) is 5.91 Å². The molecule has 0 unspecified atom stereocenters. The van der Waals surface area contributed by atoms with Crippen molar-refractivity contribution in [2.24, 2.45) is 12.1 Å². The van der Waals surface area contributed by atoms with E-state index in [1.807, 2.05) is 36.7 Å². The van der Waals surface area contributed by atoms with Crippen LogP contribution in [0.1, 0.15) is 24.2 Å². The molecule has 0 saturated carbocycles. The molecule has 1 aliphatic rings. The zero-order chi connectivity index (χ0) is 15.7. The molecule has 0 aliphatic carbocycles. The Morgan fingerprint density at radius 3 is 2.95 bits per heavy atom. The highest BCUT2D eigenvalue weighted by Gasteiger charge is 2.17. The van der Waals surface area contributed by atoms with Gasteiger partial charge in [-0.25, -0.2) is 10.4 Å². The predicted octanol–water partition coefficient (Wildman–Crippen LogP) is 0.764. The van der Waals surface area contributed by atoms with Crippen LogP contribution in [0.3, 0.4) is 0 Å². The number of rotatable bonds is 3. The molecule has 0 radical (unpaired) electrons. The Morgan fingerprint density at radius 1 is 1.41 bits per heavy atom. The second-order valence-electron chi connectivity index (χ2n) is 5.32. The molecule has 0 bridgehead atoms. The molecule has 2 amide bonds. The summed E-state index contributed by atoms with van der Waals surface area (Å²) < 4.78 is 2.02. The van der Waals surface area contributed by atoms with Gasteiger partial charge in [-0.1, -0.05) is 6.07 Å². The number of carbonyl (C=O) groups excluding carboxylic acids is 2. The van der Waals surface area contributed by atoms with E-state index in [2.05, 4.69) is 20.8 Å². The molecule has 0 fully saturated rings. The first-order valence-electron chi connectivity index (χ1n) is 7.10. The fourth-order valence-corrected chi connectivity index (χ4v) is 2.40. The predicted molar refractivity (Wildman–Crippen MR) is 82.1 cm³/mol. The number of nitrogens with zero attached hydrogens (tertiary/aromatic N) is 3.